The van der Waals surface area contributed by atoms with Gasteiger partial charge < -0.3 is 29.9 Å². The van der Waals surface area contributed by atoms with Crippen LogP contribution in [0, 0.1) is 17.8 Å². The Morgan fingerprint density at radius 3 is 2.31 bits per heavy atom. The van der Waals surface area contributed by atoms with E-state index in [2.05, 4.69) is 39.9 Å². The van der Waals surface area contributed by atoms with E-state index in [0.717, 1.165) is 58.4 Å². The van der Waals surface area contributed by atoms with Crippen molar-refractivity contribution in [2.45, 2.75) is 122 Å². The van der Waals surface area contributed by atoms with E-state index in [4.69, 9.17) is 9.47 Å². The van der Waals surface area contributed by atoms with Gasteiger partial charge in [0.15, 0.2) is 0 Å². The summed E-state index contributed by atoms with van der Waals surface area (Å²) < 4.78 is 12.6. The molecule has 0 bridgehead atoms. The minimum Gasteiger partial charge on any atom is -0.390 e. The molecule has 210 valence electrons. The molecule has 3 heterocycles. The molecule has 36 heavy (non-hydrogen) atoms. The summed E-state index contributed by atoms with van der Waals surface area (Å²) >= 11 is 0. The number of hydrogen-bond donors (Lipinski definition) is 3. The van der Waals surface area contributed by atoms with Gasteiger partial charge >= 0.3 is 0 Å². The molecule has 3 aliphatic heterocycles. The summed E-state index contributed by atoms with van der Waals surface area (Å²) in [6.07, 6.45) is 7.00. The number of carbonyl (C=O) groups excluding carboxylic acids is 1. The highest BCUT2D eigenvalue weighted by molar-refractivity contribution is 5.73. The van der Waals surface area contributed by atoms with Crippen LogP contribution < -0.4 is 5.32 Å². The van der Waals surface area contributed by atoms with Crippen LogP contribution in [0.1, 0.15) is 99.3 Å². The van der Waals surface area contributed by atoms with Crippen LogP contribution in [0.25, 0.3) is 0 Å². The number of nitrogens with one attached hydrogen (secondary N) is 1. The van der Waals surface area contributed by atoms with Crippen molar-refractivity contribution in [3.8, 4) is 0 Å². The highest BCUT2D eigenvalue weighted by atomic mass is 16.5. The standard InChI is InChI=1S/C29H54N2O5/c1-22(2)18-28(10-15-35-16-11-28)36-26(5,6)21-29(34)7-12-30-20-25(29)17-23(3)19-27(33)8-13-31(14-9-27)24(4)32/h22-23,25,30,33-34H,7-21H2,1-6H3. The van der Waals surface area contributed by atoms with Crippen LogP contribution in [-0.4, -0.2) is 82.8 Å². The van der Waals surface area contributed by atoms with Gasteiger partial charge in [0.05, 0.1) is 22.4 Å². The minimum absolute atomic E-state index is 0.0872. The quantitative estimate of drug-likeness (QED) is 0.413. The maximum atomic E-state index is 12.0. The minimum atomic E-state index is -0.798. The van der Waals surface area contributed by atoms with Crippen LogP contribution in [0.15, 0.2) is 0 Å². The first-order chi connectivity index (χ1) is 16.8. The van der Waals surface area contributed by atoms with E-state index in [1.165, 1.54) is 0 Å². The SMILES string of the molecule is CC(=O)N1CCC(O)(CC(C)CC2CNCCC2(O)CC(C)(C)OC2(CC(C)C)CCOCC2)CC1. The van der Waals surface area contributed by atoms with Gasteiger partial charge in [-0.05, 0) is 83.6 Å². The Labute approximate surface area is 219 Å². The molecule has 3 fully saturated rings. The third kappa shape index (κ3) is 8.13. The topological polar surface area (TPSA) is 91.3 Å². The van der Waals surface area contributed by atoms with Crippen LogP contribution in [-0.2, 0) is 14.3 Å². The van der Waals surface area contributed by atoms with E-state index >= 15 is 0 Å². The average Bonchev–Trinajstić information content (AvgIpc) is 2.74. The number of likely N-dealkylation sites (tertiary alicyclic amines) is 1. The van der Waals surface area contributed by atoms with E-state index in [-0.39, 0.29) is 23.3 Å². The van der Waals surface area contributed by atoms with Crippen molar-refractivity contribution in [1.29, 1.82) is 0 Å². The molecule has 0 aromatic carbocycles. The Hall–Kier alpha value is -0.730. The largest absolute Gasteiger partial charge is 0.390 e. The molecule has 0 saturated carbocycles. The Bertz CT molecular complexity index is 712. The fourth-order valence-corrected chi connectivity index (χ4v) is 7.36. The molecule has 3 atom stereocenters. The van der Waals surface area contributed by atoms with Gasteiger partial charge in [-0.25, -0.2) is 0 Å². The van der Waals surface area contributed by atoms with Crippen LogP contribution in [0.5, 0.6) is 0 Å². The van der Waals surface area contributed by atoms with Crippen LogP contribution >= 0.6 is 0 Å². The molecule has 3 saturated heterocycles. The third-order valence-corrected chi connectivity index (χ3v) is 8.85. The molecule has 3 rings (SSSR count). The van der Waals surface area contributed by atoms with E-state index in [9.17, 15) is 15.0 Å². The summed E-state index contributed by atoms with van der Waals surface area (Å²) in [5.41, 5.74) is -2.15. The van der Waals surface area contributed by atoms with Crippen molar-refractivity contribution in [1.82, 2.24) is 10.2 Å². The molecule has 0 aromatic rings. The number of aliphatic hydroxyl groups is 2. The van der Waals surface area contributed by atoms with Crippen LogP contribution in [0.2, 0.25) is 0 Å². The number of carbonyl (C=O) groups is 1. The van der Waals surface area contributed by atoms with Crippen molar-refractivity contribution in [2.24, 2.45) is 17.8 Å². The van der Waals surface area contributed by atoms with Crippen molar-refractivity contribution >= 4 is 5.91 Å². The molecule has 0 spiro atoms. The Morgan fingerprint density at radius 1 is 1.08 bits per heavy atom. The predicted octanol–water partition coefficient (Wildman–Crippen LogP) is 3.90. The summed E-state index contributed by atoms with van der Waals surface area (Å²) in [5, 5.41) is 26.8. The molecule has 0 aliphatic carbocycles. The second kappa shape index (κ2) is 12.0. The lowest BCUT2D eigenvalue weighted by atomic mass is 9.70. The molecular formula is C29H54N2O5. The molecule has 0 aromatic heterocycles. The molecule has 3 N–H and O–H groups in total. The number of amides is 1. The normalized spacial score (nSPS) is 29.8. The maximum absolute atomic E-state index is 12.0. The monoisotopic (exact) mass is 510 g/mol. The van der Waals surface area contributed by atoms with Gasteiger partial charge in [0, 0.05) is 52.1 Å². The molecule has 3 aliphatic rings. The number of rotatable bonds is 10. The fraction of sp³-hybridized carbons (Fsp3) is 0.966. The van der Waals surface area contributed by atoms with Gasteiger partial charge in [-0.15, -0.1) is 0 Å². The highest BCUT2D eigenvalue weighted by Crippen LogP contribution is 2.43. The molecule has 0 radical (unpaired) electrons. The van der Waals surface area contributed by atoms with Gasteiger partial charge in [0.1, 0.15) is 0 Å². The molecule has 3 unspecified atom stereocenters. The zero-order valence-corrected chi connectivity index (χ0v) is 23.9. The lowest BCUT2D eigenvalue weighted by Crippen LogP contribution is -2.56. The highest BCUT2D eigenvalue weighted by Gasteiger charge is 2.47. The average molecular weight is 511 g/mol. The summed E-state index contributed by atoms with van der Waals surface area (Å²) in [6, 6.07) is 0. The zero-order chi connectivity index (χ0) is 26.6. The lowest BCUT2D eigenvalue weighted by molar-refractivity contribution is -0.209. The first-order valence-corrected chi connectivity index (χ1v) is 14.4. The molecular weight excluding hydrogens is 456 g/mol. The van der Waals surface area contributed by atoms with Gasteiger partial charge in [0.25, 0.3) is 0 Å². The van der Waals surface area contributed by atoms with E-state index < -0.39 is 16.8 Å². The number of ether oxygens (including phenoxy) is 2. The molecule has 1 amide bonds. The smallest absolute Gasteiger partial charge is 0.219 e. The first-order valence-electron chi connectivity index (χ1n) is 14.4. The number of piperidine rings is 2. The molecule has 7 heteroatoms. The third-order valence-electron chi connectivity index (χ3n) is 8.85. The van der Waals surface area contributed by atoms with E-state index in [0.29, 0.717) is 44.7 Å². The zero-order valence-electron chi connectivity index (χ0n) is 23.9. The second-order valence-corrected chi connectivity index (χ2v) is 13.5. The second-order valence-electron chi connectivity index (χ2n) is 13.5. The summed E-state index contributed by atoms with van der Waals surface area (Å²) in [6.45, 7) is 16.9. The van der Waals surface area contributed by atoms with Crippen molar-refractivity contribution in [3.05, 3.63) is 0 Å². The number of nitrogens with zero attached hydrogens (tertiary/aromatic N) is 1. The maximum Gasteiger partial charge on any atom is 0.219 e. The summed E-state index contributed by atoms with van der Waals surface area (Å²) in [4.78, 5) is 13.5. The van der Waals surface area contributed by atoms with E-state index in [1.54, 1.807) is 6.92 Å². The van der Waals surface area contributed by atoms with Crippen molar-refractivity contribution < 1.29 is 24.5 Å². The van der Waals surface area contributed by atoms with Crippen LogP contribution in [0.4, 0.5) is 0 Å². The molecule has 7 nitrogen and oxygen atoms in total. The van der Waals surface area contributed by atoms with Crippen molar-refractivity contribution in [2.75, 3.05) is 39.4 Å². The van der Waals surface area contributed by atoms with Gasteiger partial charge in [-0.2, -0.15) is 0 Å². The summed E-state index contributed by atoms with van der Waals surface area (Å²) in [5.74, 6) is 1.02. The first kappa shape index (κ1) is 29.8. The Morgan fingerprint density at radius 2 is 1.72 bits per heavy atom. The van der Waals surface area contributed by atoms with Crippen molar-refractivity contribution in [3.63, 3.8) is 0 Å². The van der Waals surface area contributed by atoms with Gasteiger partial charge in [-0.1, -0.05) is 20.8 Å². The number of hydrogen-bond acceptors (Lipinski definition) is 6. The lowest BCUT2D eigenvalue weighted by Gasteiger charge is -2.49. The van der Waals surface area contributed by atoms with Gasteiger partial charge in [0.2, 0.25) is 5.91 Å². The van der Waals surface area contributed by atoms with E-state index in [1.807, 2.05) is 4.90 Å². The van der Waals surface area contributed by atoms with Crippen LogP contribution in [0.3, 0.4) is 0 Å². The fourth-order valence-electron chi connectivity index (χ4n) is 7.36. The Kier molecular flexibility index (Phi) is 9.92. The Balaban J connectivity index is 1.63. The summed E-state index contributed by atoms with van der Waals surface area (Å²) in [7, 11) is 0. The van der Waals surface area contributed by atoms with Gasteiger partial charge in [-0.3, -0.25) is 4.79 Å². The predicted molar refractivity (Wildman–Crippen MR) is 143 cm³/mol.